The minimum absolute atomic E-state index is 0.300. The van der Waals surface area contributed by atoms with Gasteiger partial charge in [0.2, 0.25) is 0 Å². The Morgan fingerprint density at radius 2 is 1.89 bits per heavy atom. The second-order valence-electron chi connectivity index (χ2n) is 5.73. The Labute approximate surface area is 115 Å². The van der Waals surface area contributed by atoms with E-state index in [9.17, 15) is 0 Å². The Kier molecular flexibility index (Phi) is 3.92. The van der Waals surface area contributed by atoms with Crippen molar-refractivity contribution >= 4 is 5.69 Å². The van der Waals surface area contributed by atoms with Crippen LogP contribution >= 0.6 is 0 Å². The van der Waals surface area contributed by atoms with E-state index >= 15 is 0 Å². The molecule has 19 heavy (non-hydrogen) atoms. The normalized spacial score (nSPS) is 27.9. The first-order valence-electron chi connectivity index (χ1n) is 7.60. The van der Waals surface area contributed by atoms with E-state index in [1.54, 1.807) is 0 Å². The average Bonchev–Trinajstić information content (AvgIpc) is 2.76. The van der Waals surface area contributed by atoms with E-state index in [0.29, 0.717) is 12.1 Å². The van der Waals surface area contributed by atoms with Crippen molar-refractivity contribution in [1.29, 1.82) is 0 Å². The van der Waals surface area contributed by atoms with Crippen molar-refractivity contribution < 1.29 is 4.74 Å². The predicted octanol–water partition coefficient (Wildman–Crippen LogP) is 2.94. The van der Waals surface area contributed by atoms with E-state index in [0.717, 1.165) is 31.7 Å². The number of rotatable bonds is 1. The zero-order valence-corrected chi connectivity index (χ0v) is 11.6. The molecule has 0 aromatic heterocycles. The molecule has 1 saturated carbocycles. The molecule has 0 spiro atoms. The molecule has 1 aromatic rings. The number of fused-ring (bicyclic) bond motifs is 1. The quantitative estimate of drug-likeness (QED) is 0.789. The summed E-state index contributed by atoms with van der Waals surface area (Å²) in [5.41, 5.74) is 7.67. The van der Waals surface area contributed by atoms with Gasteiger partial charge in [0.15, 0.2) is 0 Å². The summed E-state index contributed by atoms with van der Waals surface area (Å²) in [4.78, 5) is 2.51. The fourth-order valence-electron chi connectivity index (χ4n) is 3.40. The van der Waals surface area contributed by atoms with Gasteiger partial charge in [0, 0.05) is 18.6 Å². The minimum atomic E-state index is 0.300. The number of hydrogen-bond donors (Lipinski definition) is 1. The summed E-state index contributed by atoms with van der Waals surface area (Å²) in [5.74, 6) is 1.02. The first-order chi connectivity index (χ1) is 9.36. The van der Waals surface area contributed by atoms with Crippen LogP contribution in [-0.4, -0.2) is 25.2 Å². The Hall–Kier alpha value is -1.22. The van der Waals surface area contributed by atoms with Crippen molar-refractivity contribution in [2.75, 3.05) is 18.1 Å². The lowest BCUT2D eigenvalue weighted by Crippen LogP contribution is -2.47. The monoisotopic (exact) mass is 260 g/mol. The summed E-state index contributed by atoms with van der Waals surface area (Å²) in [6.07, 6.45) is 7.37. The number of hydrogen-bond acceptors (Lipinski definition) is 3. The highest BCUT2D eigenvalue weighted by molar-refractivity contribution is 5.59. The molecule has 0 saturated heterocycles. The standard InChI is InChI=1S/C16H24N2O/c17-13-7-2-1-3-8-14(13)18-11-6-12-19-16-10-5-4-9-15(16)18/h4-5,9-10,13-14H,1-3,6-8,11-12,17H2. The van der Waals surface area contributed by atoms with Gasteiger partial charge in [-0.05, 0) is 31.4 Å². The Morgan fingerprint density at radius 1 is 1.05 bits per heavy atom. The molecule has 2 N–H and O–H groups in total. The predicted molar refractivity (Wildman–Crippen MR) is 78.7 cm³/mol. The van der Waals surface area contributed by atoms with Crippen molar-refractivity contribution in [2.45, 2.75) is 50.6 Å². The van der Waals surface area contributed by atoms with Gasteiger partial charge in [-0.1, -0.05) is 31.4 Å². The zero-order valence-electron chi connectivity index (χ0n) is 11.6. The third-order valence-corrected chi connectivity index (χ3v) is 4.41. The molecule has 2 unspecified atom stereocenters. The summed E-state index contributed by atoms with van der Waals surface area (Å²) in [5, 5.41) is 0. The van der Waals surface area contributed by atoms with Crippen molar-refractivity contribution in [3.8, 4) is 5.75 Å². The van der Waals surface area contributed by atoms with Crippen LogP contribution in [-0.2, 0) is 0 Å². The number of ether oxygens (including phenoxy) is 1. The second kappa shape index (κ2) is 5.83. The van der Waals surface area contributed by atoms with Gasteiger partial charge in [-0.25, -0.2) is 0 Å². The molecule has 104 valence electrons. The molecule has 1 heterocycles. The first-order valence-corrected chi connectivity index (χ1v) is 7.60. The number of anilines is 1. The third-order valence-electron chi connectivity index (χ3n) is 4.41. The molecule has 2 aliphatic rings. The Balaban J connectivity index is 1.90. The lowest BCUT2D eigenvalue weighted by molar-refractivity contribution is 0.321. The van der Waals surface area contributed by atoms with E-state index in [1.807, 2.05) is 0 Å². The van der Waals surface area contributed by atoms with Gasteiger partial charge in [0.25, 0.3) is 0 Å². The van der Waals surface area contributed by atoms with Crippen LogP contribution in [0.3, 0.4) is 0 Å². The van der Waals surface area contributed by atoms with Gasteiger partial charge in [0.05, 0.1) is 12.3 Å². The van der Waals surface area contributed by atoms with Gasteiger partial charge in [-0.15, -0.1) is 0 Å². The van der Waals surface area contributed by atoms with E-state index in [-0.39, 0.29) is 0 Å². The molecule has 1 aliphatic carbocycles. The van der Waals surface area contributed by atoms with Crippen LogP contribution in [0.2, 0.25) is 0 Å². The maximum atomic E-state index is 6.44. The van der Waals surface area contributed by atoms with Crippen LogP contribution in [0.25, 0.3) is 0 Å². The Morgan fingerprint density at radius 3 is 2.84 bits per heavy atom. The molecular weight excluding hydrogens is 236 g/mol. The highest BCUT2D eigenvalue weighted by atomic mass is 16.5. The van der Waals surface area contributed by atoms with E-state index in [1.165, 1.54) is 31.4 Å². The average molecular weight is 260 g/mol. The van der Waals surface area contributed by atoms with Gasteiger partial charge in [0.1, 0.15) is 5.75 Å². The molecule has 1 aliphatic heterocycles. The largest absolute Gasteiger partial charge is 0.491 e. The smallest absolute Gasteiger partial charge is 0.142 e. The van der Waals surface area contributed by atoms with Gasteiger partial charge in [-0.2, -0.15) is 0 Å². The van der Waals surface area contributed by atoms with E-state index < -0.39 is 0 Å². The molecule has 1 fully saturated rings. The number of benzene rings is 1. The number of para-hydroxylation sites is 2. The fourth-order valence-corrected chi connectivity index (χ4v) is 3.40. The lowest BCUT2D eigenvalue weighted by atomic mass is 10.0. The molecule has 2 atom stereocenters. The third kappa shape index (κ3) is 2.71. The summed E-state index contributed by atoms with van der Waals surface area (Å²) in [7, 11) is 0. The molecule has 0 amide bonds. The molecule has 1 aromatic carbocycles. The minimum Gasteiger partial charge on any atom is -0.491 e. The summed E-state index contributed by atoms with van der Waals surface area (Å²) < 4.78 is 5.85. The Bertz CT molecular complexity index is 421. The number of nitrogens with zero attached hydrogens (tertiary/aromatic N) is 1. The second-order valence-corrected chi connectivity index (χ2v) is 5.73. The highest BCUT2D eigenvalue weighted by Crippen LogP contribution is 2.34. The van der Waals surface area contributed by atoms with Gasteiger partial charge < -0.3 is 15.4 Å². The SMILES string of the molecule is NC1CCCCCC1N1CCCOc2ccccc21. The topological polar surface area (TPSA) is 38.5 Å². The summed E-state index contributed by atoms with van der Waals surface area (Å²) >= 11 is 0. The number of nitrogens with two attached hydrogens (primary N) is 1. The molecular formula is C16H24N2O. The van der Waals surface area contributed by atoms with E-state index in [4.69, 9.17) is 10.5 Å². The van der Waals surface area contributed by atoms with Crippen LogP contribution in [0.1, 0.15) is 38.5 Å². The van der Waals surface area contributed by atoms with Crippen LogP contribution in [0, 0.1) is 0 Å². The maximum Gasteiger partial charge on any atom is 0.142 e. The van der Waals surface area contributed by atoms with Gasteiger partial charge >= 0.3 is 0 Å². The molecule has 3 nitrogen and oxygen atoms in total. The molecule has 3 rings (SSSR count). The van der Waals surface area contributed by atoms with E-state index in [2.05, 4.69) is 29.2 Å². The molecule has 0 radical (unpaired) electrons. The van der Waals surface area contributed by atoms with Crippen molar-refractivity contribution in [3.63, 3.8) is 0 Å². The summed E-state index contributed by atoms with van der Waals surface area (Å²) in [6, 6.07) is 9.19. The fraction of sp³-hybridized carbons (Fsp3) is 0.625. The highest BCUT2D eigenvalue weighted by Gasteiger charge is 2.29. The first kappa shape index (κ1) is 12.8. The maximum absolute atomic E-state index is 6.44. The molecule has 0 bridgehead atoms. The van der Waals surface area contributed by atoms with Crippen LogP contribution in [0.5, 0.6) is 5.75 Å². The summed E-state index contributed by atoms with van der Waals surface area (Å²) in [6.45, 7) is 1.88. The van der Waals surface area contributed by atoms with Gasteiger partial charge in [-0.3, -0.25) is 0 Å². The molecule has 3 heteroatoms. The lowest BCUT2D eigenvalue weighted by Gasteiger charge is -2.36. The van der Waals surface area contributed by atoms with Crippen LogP contribution in [0.15, 0.2) is 24.3 Å². The van der Waals surface area contributed by atoms with Crippen molar-refractivity contribution in [2.24, 2.45) is 5.73 Å². The zero-order chi connectivity index (χ0) is 13.1. The van der Waals surface area contributed by atoms with Crippen LogP contribution in [0.4, 0.5) is 5.69 Å². The van der Waals surface area contributed by atoms with Crippen molar-refractivity contribution in [1.82, 2.24) is 0 Å². The van der Waals surface area contributed by atoms with Crippen LogP contribution < -0.4 is 15.4 Å². The van der Waals surface area contributed by atoms with Crippen molar-refractivity contribution in [3.05, 3.63) is 24.3 Å².